The minimum absolute atomic E-state index is 0.0333. The highest BCUT2D eigenvalue weighted by molar-refractivity contribution is 5.87. The SMILES string of the molecule is COCC(=O)N[C@H](CC1CC1)C(N)=O. The predicted molar refractivity (Wildman–Crippen MR) is 50.3 cm³/mol. The molecule has 1 fully saturated rings. The molecule has 80 valence electrons. The molecule has 0 aliphatic heterocycles. The first kappa shape index (κ1) is 11.0. The number of hydrogen-bond donors (Lipinski definition) is 2. The lowest BCUT2D eigenvalue weighted by molar-refractivity contribution is -0.129. The van der Waals surface area contributed by atoms with E-state index in [-0.39, 0.29) is 12.5 Å². The molecule has 1 saturated carbocycles. The molecule has 0 unspecified atom stereocenters. The molecular weight excluding hydrogens is 184 g/mol. The molecular formula is C9H16N2O3. The highest BCUT2D eigenvalue weighted by Gasteiger charge is 2.28. The lowest BCUT2D eigenvalue weighted by Gasteiger charge is -2.14. The van der Waals surface area contributed by atoms with E-state index in [4.69, 9.17) is 5.73 Å². The van der Waals surface area contributed by atoms with Crippen molar-refractivity contribution < 1.29 is 14.3 Å². The van der Waals surface area contributed by atoms with E-state index in [1.54, 1.807) is 0 Å². The van der Waals surface area contributed by atoms with Crippen molar-refractivity contribution in [3.63, 3.8) is 0 Å². The van der Waals surface area contributed by atoms with E-state index >= 15 is 0 Å². The largest absolute Gasteiger partial charge is 0.375 e. The minimum Gasteiger partial charge on any atom is -0.375 e. The molecule has 0 heterocycles. The summed E-state index contributed by atoms with van der Waals surface area (Å²) in [7, 11) is 1.43. The molecule has 3 N–H and O–H groups in total. The van der Waals surface area contributed by atoms with Crippen molar-refractivity contribution in [3.05, 3.63) is 0 Å². The van der Waals surface area contributed by atoms with Gasteiger partial charge in [-0.15, -0.1) is 0 Å². The molecule has 5 heteroatoms. The van der Waals surface area contributed by atoms with E-state index in [2.05, 4.69) is 10.1 Å². The highest BCUT2D eigenvalue weighted by Crippen LogP contribution is 2.33. The topological polar surface area (TPSA) is 81.4 Å². The highest BCUT2D eigenvalue weighted by atomic mass is 16.5. The number of rotatable bonds is 6. The van der Waals surface area contributed by atoms with Crippen molar-refractivity contribution in [2.24, 2.45) is 11.7 Å². The maximum absolute atomic E-state index is 11.1. The van der Waals surface area contributed by atoms with Crippen molar-refractivity contribution in [2.75, 3.05) is 13.7 Å². The maximum atomic E-state index is 11.1. The Hall–Kier alpha value is -1.10. The van der Waals surface area contributed by atoms with Crippen LogP contribution in [0.15, 0.2) is 0 Å². The van der Waals surface area contributed by atoms with Crippen molar-refractivity contribution >= 4 is 11.8 Å². The zero-order chi connectivity index (χ0) is 10.6. The van der Waals surface area contributed by atoms with E-state index in [1.807, 2.05) is 0 Å². The van der Waals surface area contributed by atoms with Gasteiger partial charge in [-0.3, -0.25) is 9.59 Å². The van der Waals surface area contributed by atoms with Crippen LogP contribution in [0, 0.1) is 5.92 Å². The van der Waals surface area contributed by atoms with E-state index < -0.39 is 11.9 Å². The Morgan fingerprint density at radius 3 is 2.64 bits per heavy atom. The number of carbonyl (C=O) groups excluding carboxylic acids is 2. The van der Waals surface area contributed by atoms with Crippen LogP contribution in [-0.2, 0) is 14.3 Å². The van der Waals surface area contributed by atoms with Crippen molar-refractivity contribution in [1.29, 1.82) is 0 Å². The quantitative estimate of drug-likeness (QED) is 0.601. The zero-order valence-corrected chi connectivity index (χ0v) is 8.29. The molecule has 0 radical (unpaired) electrons. The third kappa shape index (κ3) is 3.74. The lowest BCUT2D eigenvalue weighted by Crippen LogP contribution is -2.45. The van der Waals surface area contributed by atoms with Gasteiger partial charge in [0.25, 0.3) is 0 Å². The molecule has 2 amide bonds. The van der Waals surface area contributed by atoms with Gasteiger partial charge in [0.15, 0.2) is 0 Å². The van der Waals surface area contributed by atoms with E-state index in [1.165, 1.54) is 7.11 Å². The summed E-state index contributed by atoms with van der Waals surface area (Å²) in [5.41, 5.74) is 5.16. The van der Waals surface area contributed by atoms with Gasteiger partial charge in [-0.25, -0.2) is 0 Å². The Bertz CT molecular complexity index is 226. The molecule has 0 saturated heterocycles. The van der Waals surface area contributed by atoms with Gasteiger partial charge in [0.2, 0.25) is 11.8 Å². The number of nitrogens with two attached hydrogens (primary N) is 1. The summed E-state index contributed by atoms with van der Waals surface area (Å²) in [5, 5.41) is 2.55. The number of ether oxygens (including phenoxy) is 1. The van der Waals surface area contributed by atoms with Gasteiger partial charge in [-0.1, -0.05) is 12.8 Å². The van der Waals surface area contributed by atoms with Crippen LogP contribution in [0.4, 0.5) is 0 Å². The van der Waals surface area contributed by atoms with Crippen LogP contribution in [0.25, 0.3) is 0 Å². The smallest absolute Gasteiger partial charge is 0.246 e. The standard InChI is InChI=1S/C9H16N2O3/c1-14-5-8(12)11-7(9(10)13)4-6-2-3-6/h6-7H,2-5H2,1H3,(H2,10,13)(H,11,12)/t7-/m1/s1. The third-order valence-electron chi connectivity index (χ3n) is 2.22. The predicted octanol–water partition coefficient (Wildman–Crippen LogP) is -0.597. The Morgan fingerprint density at radius 2 is 2.21 bits per heavy atom. The van der Waals surface area contributed by atoms with Gasteiger partial charge in [0, 0.05) is 7.11 Å². The number of carbonyl (C=O) groups is 2. The summed E-state index contributed by atoms with van der Waals surface area (Å²) in [4.78, 5) is 22.1. The van der Waals surface area contributed by atoms with Gasteiger partial charge in [0.05, 0.1) is 0 Å². The number of hydrogen-bond acceptors (Lipinski definition) is 3. The third-order valence-corrected chi connectivity index (χ3v) is 2.22. The Balaban J connectivity index is 2.33. The second kappa shape index (κ2) is 4.95. The Kier molecular flexibility index (Phi) is 3.88. The van der Waals surface area contributed by atoms with Crippen LogP contribution in [0.3, 0.4) is 0 Å². The van der Waals surface area contributed by atoms with Crippen molar-refractivity contribution in [2.45, 2.75) is 25.3 Å². The van der Waals surface area contributed by atoms with Crippen LogP contribution in [0.2, 0.25) is 0 Å². The maximum Gasteiger partial charge on any atom is 0.246 e. The van der Waals surface area contributed by atoms with Gasteiger partial charge in [-0.2, -0.15) is 0 Å². The summed E-state index contributed by atoms with van der Waals surface area (Å²) >= 11 is 0. The second-order valence-corrected chi connectivity index (χ2v) is 3.63. The van der Waals surface area contributed by atoms with Gasteiger partial charge >= 0.3 is 0 Å². The number of nitrogens with one attached hydrogen (secondary N) is 1. The van der Waals surface area contributed by atoms with Crippen LogP contribution >= 0.6 is 0 Å². The average Bonchev–Trinajstić information content (AvgIpc) is 2.87. The second-order valence-electron chi connectivity index (χ2n) is 3.63. The number of methoxy groups -OCH3 is 1. The fourth-order valence-corrected chi connectivity index (χ4v) is 1.30. The van der Waals surface area contributed by atoms with Crippen LogP contribution in [0.5, 0.6) is 0 Å². The first-order valence-electron chi connectivity index (χ1n) is 4.71. The Morgan fingerprint density at radius 1 is 1.57 bits per heavy atom. The van der Waals surface area contributed by atoms with Crippen LogP contribution < -0.4 is 11.1 Å². The molecule has 5 nitrogen and oxygen atoms in total. The summed E-state index contributed by atoms with van der Waals surface area (Å²) < 4.78 is 4.64. The van der Waals surface area contributed by atoms with E-state index in [0.29, 0.717) is 12.3 Å². The number of amides is 2. The van der Waals surface area contributed by atoms with Crippen molar-refractivity contribution in [3.8, 4) is 0 Å². The summed E-state index contributed by atoms with van der Waals surface area (Å²) in [6.45, 7) is -0.0333. The summed E-state index contributed by atoms with van der Waals surface area (Å²) in [5.74, 6) is -0.214. The minimum atomic E-state index is -0.537. The molecule has 1 atom stereocenters. The monoisotopic (exact) mass is 200 g/mol. The molecule has 14 heavy (non-hydrogen) atoms. The molecule has 1 aliphatic rings. The molecule has 0 aromatic rings. The average molecular weight is 200 g/mol. The van der Waals surface area contributed by atoms with E-state index in [9.17, 15) is 9.59 Å². The fourth-order valence-electron chi connectivity index (χ4n) is 1.30. The Labute approximate surface area is 83.0 Å². The van der Waals surface area contributed by atoms with Crippen LogP contribution in [-0.4, -0.2) is 31.6 Å². The molecule has 1 rings (SSSR count). The molecule has 0 aromatic carbocycles. The fraction of sp³-hybridized carbons (Fsp3) is 0.778. The molecule has 0 bridgehead atoms. The van der Waals surface area contributed by atoms with Crippen LogP contribution in [0.1, 0.15) is 19.3 Å². The zero-order valence-electron chi connectivity index (χ0n) is 8.29. The number of primary amides is 1. The van der Waals surface area contributed by atoms with Crippen molar-refractivity contribution in [1.82, 2.24) is 5.32 Å². The van der Waals surface area contributed by atoms with Gasteiger partial charge < -0.3 is 15.8 Å². The molecule has 0 spiro atoms. The van der Waals surface area contributed by atoms with Gasteiger partial charge in [0.1, 0.15) is 12.6 Å². The van der Waals surface area contributed by atoms with Gasteiger partial charge in [-0.05, 0) is 12.3 Å². The normalized spacial score (nSPS) is 17.5. The lowest BCUT2D eigenvalue weighted by atomic mass is 10.1. The summed E-state index contributed by atoms with van der Waals surface area (Å²) in [6.07, 6.45) is 2.92. The first-order valence-corrected chi connectivity index (χ1v) is 4.71. The first-order chi connectivity index (χ1) is 6.63. The van der Waals surface area contributed by atoms with E-state index in [0.717, 1.165) is 12.8 Å². The summed E-state index contributed by atoms with van der Waals surface area (Å²) in [6, 6.07) is -0.537. The molecule has 1 aliphatic carbocycles. The molecule has 0 aromatic heterocycles.